The molecule has 86 valence electrons. The molecule has 2 aromatic rings. The van der Waals surface area contributed by atoms with Gasteiger partial charge >= 0.3 is 0 Å². The minimum Gasteiger partial charge on any atom is -0.376 e. The summed E-state index contributed by atoms with van der Waals surface area (Å²) in [6.45, 7) is 0. The highest BCUT2D eigenvalue weighted by atomic mass is 32.1. The van der Waals surface area contributed by atoms with Crippen molar-refractivity contribution in [2.24, 2.45) is 5.73 Å². The minimum absolute atomic E-state index is 0.0295. The predicted molar refractivity (Wildman–Crippen MR) is 74.6 cm³/mol. The lowest BCUT2D eigenvalue weighted by Gasteiger charge is -2.04. The van der Waals surface area contributed by atoms with Crippen molar-refractivity contribution >= 4 is 40.1 Å². The first-order valence-electron chi connectivity index (χ1n) is 4.91. The van der Waals surface area contributed by atoms with Crippen LogP contribution in [-0.2, 0) is 0 Å². The Kier molecular flexibility index (Phi) is 3.51. The third kappa shape index (κ3) is 2.89. The number of carbonyl (C=O) groups excluding carboxylic acids is 1. The Morgan fingerprint density at radius 2 is 1.94 bits per heavy atom. The van der Waals surface area contributed by atoms with E-state index in [4.69, 9.17) is 18.0 Å². The normalized spacial score (nSPS) is 9.88. The fourth-order valence-electron chi connectivity index (χ4n) is 1.40. The molecule has 0 unspecified atom stereocenters. The molecule has 0 spiro atoms. The predicted octanol–water partition coefficient (Wildman–Crippen LogP) is 2.63. The van der Waals surface area contributed by atoms with Gasteiger partial charge in [-0.15, -0.1) is 11.3 Å². The van der Waals surface area contributed by atoms with Gasteiger partial charge in [0.05, 0.1) is 4.88 Å². The van der Waals surface area contributed by atoms with Crippen molar-refractivity contribution in [2.75, 3.05) is 5.32 Å². The highest BCUT2D eigenvalue weighted by Gasteiger charge is 2.09. The second-order valence-electron chi connectivity index (χ2n) is 3.37. The molecule has 0 fully saturated rings. The van der Waals surface area contributed by atoms with E-state index in [0.29, 0.717) is 5.56 Å². The van der Waals surface area contributed by atoms with Crippen molar-refractivity contribution in [3.05, 3.63) is 52.2 Å². The Morgan fingerprint density at radius 3 is 2.47 bits per heavy atom. The van der Waals surface area contributed by atoms with Crippen LogP contribution < -0.4 is 11.1 Å². The highest BCUT2D eigenvalue weighted by Crippen LogP contribution is 2.17. The van der Waals surface area contributed by atoms with Gasteiger partial charge in [-0.05, 0) is 47.9 Å². The number of carbonyl (C=O) groups is 1. The smallest absolute Gasteiger partial charge is 0.202 e. The van der Waals surface area contributed by atoms with Gasteiger partial charge < -0.3 is 11.1 Å². The van der Waals surface area contributed by atoms with Crippen LogP contribution in [0.2, 0.25) is 0 Å². The molecule has 0 aliphatic rings. The van der Waals surface area contributed by atoms with Crippen molar-refractivity contribution in [1.82, 2.24) is 0 Å². The van der Waals surface area contributed by atoms with Gasteiger partial charge in [0.25, 0.3) is 0 Å². The lowest BCUT2D eigenvalue weighted by Crippen LogP contribution is -2.18. The molecule has 0 radical (unpaired) electrons. The van der Waals surface area contributed by atoms with Crippen molar-refractivity contribution in [3.63, 3.8) is 0 Å². The molecular formula is C12H10N2OS2. The molecule has 1 aromatic heterocycles. The summed E-state index contributed by atoms with van der Waals surface area (Å²) < 4.78 is 0. The minimum atomic E-state index is 0.0295. The van der Waals surface area contributed by atoms with E-state index in [0.717, 1.165) is 10.6 Å². The quantitative estimate of drug-likeness (QED) is 0.659. The SMILES string of the molecule is NC(=S)Nc1ccc(C(=O)c2cccs2)cc1. The van der Waals surface area contributed by atoms with Crippen LogP contribution in [-0.4, -0.2) is 10.9 Å². The van der Waals surface area contributed by atoms with E-state index in [2.05, 4.69) is 5.32 Å². The molecule has 0 atom stereocenters. The fourth-order valence-corrected chi connectivity index (χ4v) is 2.20. The average Bonchev–Trinajstić information content (AvgIpc) is 2.82. The average molecular weight is 262 g/mol. The molecule has 3 nitrogen and oxygen atoms in total. The van der Waals surface area contributed by atoms with E-state index in [1.807, 2.05) is 17.5 Å². The van der Waals surface area contributed by atoms with E-state index in [-0.39, 0.29) is 10.9 Å². The first-order valence-corrected chi connectivity index (χ1v) is 6.20. The van der Waals surface area contributed by atoms with Crippen LogP contribution in [0.1, 0.15) is 15.2 Å². The van der Waals surface area contributed by atoms with Gasteiger partial charge in [-0.2, -0.15) is 0 Å². The summed E-state index contributed by atoms with van der Waals surface area (Å²) in [6, 6.07) is 10.7. The summed E-state index contributed by atoms with van der Waals surface area (Å²) in [5, 5.41) is 4.90. The highest BCUT2D eigenvalue weighted by molar-refractivity contribution is 7.80. The molecule has 0 saturated carbocycles. The van der Waals surface area contributed by atoms with Gasteiger partial charge in [0.1, 0.15) is 0 Å². The van der Waals surface area contributed by atoms with Crippen LogP contribution in [0.3, 0.4) is 0 Å². The number of hydrogen-bond acceptors (Lipinski definition) is 3. The zero-order valence-corrected chi connectivity index (χ0v) is 10.5. The molecule has 0 saturated heterocycles. The number of nitrogens with one attached hydrogen (secondary N) is 1. The van der Waals surface area contributed by atoms with Crippen LogP contribution in [0.4, 0.5) is 5.69 Å². The monoisotopic (exact) mass is 262 g/mol. The molecule has 3 N–H and O–H groups in total. The van der Waals surface area contributed by atoms with Gasteiger partial charge in [0.15, 0.2) is 5.11 Å². The van der Waals surface area contributed by atoms with E-state index >= 15 is 0 Å². The Balaban J connectivity index is 2.18. The molecule has 1 heterocycles. The number of benzene rings is 1. The van der Waals surface area contributed by atoms with Gasteiger partial charge in [-0.1, -0.05) is 6.07 Å². The molecule has 0 aliphatic carbocycles. The maximum atomic E-state index is 12.0. The lowest BCUT2D eigenvalue weighted by atomic mass is 10.1. The summed E-state index contributed by atoms with van der Waals surface area (Å²) in [7, 11) is 0. The van der Waals surface area contributed by atoms with E-state index in [1.165, 1.54) is 11.3 Å². The largest absolute Gasteiger partial charge is 0.376 e. The van der Waals surface area contributed by atoms with Gasteiger partial charge in [-0.3, -0.25) is 4.79 Å². The summed E-state index contributed by atoms with van der Waals surface area (Å²) in [4.78, 5) is 12.7. The van der Waals surface area contributed by atoms with Crippen LogP contribution in [0.5, 0.6) is 0 Å². The van der Waals surface area contributed by atoms with E-state index in [9.17, 15) is 4.79 Å². The van der Waals surface area contributed by atoms with Crippen molar-refractivity contribution < 1.29 is 4.79 Å². The molecule has 2 rings (SSSR count). The maximum Gasteiger partial charge on any atom is 0.202 e. The number of ketones is 1. The number of thiocarbonyl (C=S) groups is 1. The topological polar surface area (TPSA) is 55.1 Å². The third-order valence-corrected chi connectivity index (χ3v) is 3.13. The fraction of sp³-hybridized carbons (Fsp3) is 0. The van der Waals surface area contributed by atoms with Crippen LogP contribution >= 0.6 is 23.6 Å². The molecule has 5 heteroatoms. The summed E-state index contributed by atoms with van der Waals surface area (Å²) >= 11 is 6.16. The molecular weight excluding hydrogens is 252 g/mol. The third-order valence-electron chi connectivity index (χ3n) is 2.16. The summed E-state index contributed by atoms with van der Waals surface area (Å²) in [5.41, 5.74) is 6.79. The van der Waals surface area contributed by atoms with E-state index < -0.39 is 0 Å². The lowest BCUT2D eigenvalue weighted by molar-refractivity contribution is 0.104. The molecule has 1 aromatic carbocycles. The number of rotatable bonds is 3. The Hall–Kier alpha value is -1.72. The standard InChI is InChI=1S/C12H10N2OS2/c13-12(16)14-9-5-3-8(4-6-9)11(15)10-2-1-7-17-10/h1-7H,(H3,13,14,16). The molecule has 0 aliphatic heterocycles. The molecule has 17 heavy (non-hydrogen) atoms. The first kappa shape index (κ1) is 11.8. The Morgan fingerprint density at radius 1 is 1.24 bits per heavy atom. The zero-order valence-electron chi connectivity index (χ0n) is 8.84. The number of nitrogens with two attached hydrogens (primary N) is 1. The van der Waals surface area contributed by atoms with E-state index in [1.54, 1.807) is 24.3 Å². The van der Waals surface area contributed by atoms with Gasteiger partial charge in [-0.25, -0.2) is 0 Å². The molecule has 0 amide bonds. The van der Waals surface area contributed by atoms with Crippen LogP contribution in [0, 0.1) is 0 Å². The Bertz CT molecular complexity index is 532. The second-order valence-corrected chi connectivity index (χ2v) is 4.76. The number of hydrogen-bond donors (Lipinski definition) is 2. The molecule has 0 bridgehead atoms. The summed E-state index contributed by atoms with van der Waals surface area (Å²) in [5.74, 6) is 0.0295. The number of anilines is 1. The second kappa shape index (κ2) is 5.07. The van der Waals surface area contributed by atoms with Crippen molar-refractivity contribution in [2.45, 2.75) is 0 Å². The number of thiophene rings is 1. The van der Waals surface area contributed by atoms with Crippen LogP contribution in [0.15, 0.2) is 41.8 Å². The maximum absolute atomic E-state index is 12.0. The zero-order chi connectivity index (χ0) is 12.3. The van der Waals surface area contributed by atoms with Crippen molar-refractivity contribution in [3.8, 4) is 0 Å². The van der Waals surface area contributed by atoms with Crippen molar-refractivity contribution in [1.29, 1.82) is 0 Å². The van der Waals surface area contributed by atoms with Gasteiger partial charge in [0.2, 0.25) is 5.78 Å². The first-order chi connectivity index (χ1) is 8.16. The Labute approximate surface area is 108 Å². The van der Waals surface area contributed by atoms with Crippen LogP contribution in [0.25, 0.3) is 0 Å². The summed E-state index contributed by atoms with van der Waals surface area (Å²) in [6.07, 6.45) is 0. The van der Waals surface area contributed by atoms with Gasteiger partial charge in [0, 0.05) is 11.3 Å².